The van der Waals surface area contributed by atoms with Gasteiger partial charge in [-0.25, -0.2) is 0 Å². The molecule has 1 amide bonds. The van der Waals surface area contributed by atoms with Gasteiger partial charge in [0, 0.05) is 11.4 Å². The number of anilines is 3. The summed E-state index contributed by atoms with van der Waals surface area (Å²) in [7, 11) is 0. The normalized spacial score (nSPS) is 9.63. The zero-order valence-electron chi connectivity index (χ0n) is 10.1. The van der Waals surface area contributed by atoms with Crippen LogP contribution in [0.2, 0.25) is 0 Å². The van der Waals surface area contributed by atoms with Crippen LogP contribution in [-0.2, 0) is 0 Å². The first-order chi connectivity index (χ1) is 9.11. The molecule has 5 N–H and O–H groups in total. The number of amides is 1. The van der Waals surface area contributed by atoms with Gasteiger partial charge in [-0.2, -0.15) is 5.26 Å². The zero-order chi connectivity index (χ0) is 13.8. The van der Waals surface area contributed by atoms with Crippen molar-refractivity contribution in [3.63, 3.8) is 0 Å². The van der Waals surface area contributed by atoms with Crippen molar-refractivity contribution in [3.8, 4) is 6.07 Å². The maximum absolute atomic E-state index is 11.2. The van der Waals surface area contributed by atoms with Crippen molar-refractivity contribution in [1.29, 1.82) is 5.26 Å². The lowest BCUT2D eigenvalue weighted by molar-refractivity contribution is 0.100. The summed E-state index contributed by atoms with van der Waals surface area (Å²) < 4.78 is 0. The second-order valence-electron chi connectivity index (χ2n) is 3.95. The molecule has 0 heterocycles. The van der Waals surface area contributed by atoms with Crippen molar-refractivity contribution in [1.82, 2.24) is 0 Å². The van der Waals surface area contributed by atoms with Crippen LogP contribution in [0.15, 0.2) is 42.5 Å². The van der Waals surface area contributed by atoms with Crippen LogP contribution >= 0.6 is 0 Å². The third-order valence-corrected chi connectivity index (χ3v) is 2.65. The summed E-state index contributed by atoms with van der Waals surface area (Å²) in [6, 6.07) is 14.0. The molecule has 0 saturated heterocycles. The summed E-state index contributed by atoms with van der Waals surface area (Å²) in [5.74, 6) is -0.588. The second-order valence-corrected chi connectivity index (χ2v) is 3.95. The van der Waals surface area contributed by atoms with Crippen molar-refractivity contribution in [2.75, 3.05) is 11.1 Å². The molecule has 19 heavy (non-hydrogen) atoms. The lowest BCUT2D eigenvalue weighted by atomic mass is 10.1. The highest BCUT2D eigenvalue weighted by Crippen LogP contribution is 2.23. The van der Waals surface area contributed by atoms with Crippen LogP contribution < -0.4 is 16.8 Å². The predicted octanol–water partition coefficient (Wildman–Crippen LogP) is 1.98. The highest BCUT2D eigenvalue weighted by molar-refractivity contribution is 5.99. The molecule has 2 aromatic rings. The molecule has 0 saturated carbocycles. The average molecular weight is 252 g/mol. The SMILES string of the molecule is N#Cc1ccccc1Nc1ccc(N)c(C(N)=O)c1. The molecule has 2 rings (SSSR count). The number of hydrogen-bond donors (Lipinski definition) is 3. The van der Waals surface area contributed by atoms with Gasteiger partial charge >= 0.3 is 0 Å². The van der Waals surface area contributed by atoms with Gasteiger partial charge in [0.15, 0.2) is 0 Å². The van der Waals surface area contributed by atoms with Crippen LogP contribution in [-0.4, -0.2) is 5.91 Å². The highest BCUT2D eigenvalue weighted by atomic mass is 16.1. The van der Waals surface area contributed by atoms with Crippen molar-refractivity contribution < 1.29 is 4.79 Å². The topological polar surface area (TPSA) is 105 Å². The maximum atomic E-state index is 11.2. The van der Waals surface area contributed by atoms with E-state index in [0.717, 1.165) is 0 Å². The van der Waals surface area contributed by atoms with Gasteiger partial charge in [0.1, 0.15) is 6.07 Å². The molecule has 94 valence electrons. The van der Waals surface area contributed by atoms with Gasteiger partial charge < -0.3 is 16.8 Å². The first kappa shape index (κ1) is 12.5. The summed E-state index contributed by atoms with van der Waals surface area (Å²) in [6.07, 6.45) is 0. The fourth-order valence-corrected chi connectivity index (χ4v) is 1.69. The lowest BCUT2D eigenvalue weighted by Crippen LogP contribution is -2.13. The van der Waals surface area contributed by atoms with Crippen LogP contribution in [0, 0.1) is 11.3 Å². The van der Waals surface area contributed by atoms with Crippen LogP contribution in [0.1, 0.15) is 15.9 Å². The summed E-state index contributed by atoms with van der Waals surface area (Å²) in [6.45, 7) is 0. The minimum Gasteiger partial charge on any atom is -0.398 e. The molecule has 0 radical (unpaired) electrons. The zero-order valence-corrected chi connectivity index (χ0v) is 10.1. The molecule has 0 bridgehead atoms. The Morgan fingerprint density at radius 3 is 2.63 bits per heavy atom. The van der Waals surface area contributed by atoms with E-state index in [1.165, 1.54) is 0 Å². The number of para-hydroxylation sites is 1. The van der Waals surface area contributed by atoms with Crippen LogP contribution in [0.25, 0.3) is 0 Å². The minimum absolute atomic E-state index is 0.249. The standard InChI is InChI=1S/C14H12N4O/c15-8-9-3-1-2-4-13(9)18-10-5-6-12(16)11(7-10)14(17)19/h1-7,18H,16H2,(H2,17,19). The smallest absolute Gasteiger partial charge is 0.250 e. The third-order valence-electron chi connectivity index (χ3n) is 2.65. The number of nitrogens with two attached hydrogens (primary N) is 2. The Morgan fingerprint density at radius 1 is 1.21 bits per heavy atom. The summed E-state index contributed by atoms with van der Waals surface area (Å²) in [5.41, 5.74) is 13.3. The molecule has 0 aromatic heterocycles. The van der Waals surface area contributed by atoms with Crippen LogP contribution in [0.3, 0.4) is 0 Å². The second kappa shape index (κ2) is 5.10. The summed E-state index contributed by atoms with van der Waals surface area (Å²) in [5, 5.41) is 12.1. The van der Waals surface area contributed by atoms with Crippen molar-refractivity contribution in [2.45, 2.75) is 0 Å². The molecule has 0 aliphatic heterocycles. The Kier molecular flexibility index (Phi) is 3.35. The third kappa shape index (κ3) is 2.64. The van der Waals surface area contributed by atoms with E-state index in [1.54, 1.807) is 36.4 Å². The number of carbonyl (C=O) groups is 1. The molecule has 0 aliphatic carbocycles. The predicted molar refractivity (Wildman–Crippen MR) is 73.8 cm³/mol. The van der Waals surface area contributed by atoms with Gasteiger partial charge in [-0.1, -0.05) is 12.1 Å². The average Bonchev–Trinajstić information content (AvgIpc) is 2.41. The monoisotopic (exact) mass is 252 g/mol. The molecule has 0 fully saturated rings. The van der Waals surface area contributed by atoms with Crippen molar-refractivity contribution in [2.24, 2.45) is 5.73 Å². The number of rotatable bonds is 3. The van der Waals surface area contributed by atoms with Gasteiger partial charge in [0.25, 0.3) is 5.91 Å². The molecular formula is C14H12N4O. The quantitative estimate of drug-likeness (QED) is 0.726. The van der Waals surface area contributed by atoms with E-state index in [-0.39, 0.29) is 5.56 Å². The molecule has 0 spiro atoms. The Balaban J connectivity index is 2.37. The Hall–Kier alpha value is -3.00. The number of nitrogens with one attached hydrogen (secondary N) is 1. The molecule has 5 nitrogen and oxygen atoms in total. The van der Waals surface area contributed by atoms with Crippen LogP contribution in [0.5, 0.6) is 0 Å². The summed E-state index contributed by atoms with van der Waals surface area (Å²) >= 11 is 0. The Morgan fingerprint density at radius 2 is 1.95 bits per heavy atom. The summed E-state index contributed by atoms with van der Waals surface area (Å²) in [4.78, 5) is 11.2. The first-order valence-electron chi connectivity index (χ1n) is 5.57. The van der Waals surface area contributed by atoms with E-state index in [1.807, 2.05) is 6.07 Å². The number of nitrogens with zero attached hydrogens (tertiary/aromatic N) is 1. The maximum Gasteiger partial charge on any atom is 0.250 e. The van der Waals surface area contributed by atoms with E-state index >= 15 is 0 Å². The van der Waals surface area contributed by atoms with E-state index in [2.05, 4.69) is 11.4 Å². The van der Waals surface area contributed by atoms with Gasteiger partial charge in [-0.3, -0.25) is 4.79 Å². The van der Waals surface area contributed by atoms with Crippen molar-refractivity contribution in [3.05, 3.63) is 53.6 Å². The molecule has 5 heteroatoms. The number of nitriles is 1. The Bertz CT molecular complexity index is 673. The van der Waals surface area contributed by atoms with Gasteiger partial charge in [0.05, 0.1) is 16.8 Å². The van der Waals surface area contributed by atoms with Gasteiger partial charge in [0.2, 0.25) is 0 Å². The van der Waals surface area contributed by atoms with Gasteiger partial charge in [-0.15, -0.1) is 0 Å². The number of primary amides is 1. The minimum atomic E-state index is -0.588. The molecule has 0 unspecified atom stereocenters. The number of hydrogen-bond acceptors (Lipinski definition) is 4. The van der Waals surface area contributed by atoms with E-state index < -0.39 is 5.91 Å². The molecular weight excluding hydrogens is 240 g/mol. The fraction of sp³-hybridized carbons (Fsp3) is 0. The molecule has 0 aliphatic rings. The fourth-order valence-electron chi connectivity index (χ4n) is 1.69. The van der Waals surface area contributed by atoms with E-state index in [4.69, 9.17) is 16.7 Å². The van der Waals surface area contributed by atoms with Crippen LogP contribution in [0.4, 0.5) is 17.1 Å². The number of carbonyl (C=O) groups excluding carboxylic acids is 1. The first-order valence-corrected chi connectivity index (χ1v) is 5.57. The number of benzene rings is 2. The largest absolute Gasteiger partial charge is 0.398 e. The van der Waals surface area contributed by atoms with Gasteiger partial charge in [-0.05, 0) is 30.3 Å². The molecule has 0 atom stereocenters. The molecule has 2 aromatic carbocycles. The van der Waals surface area contributed by atoms with E-state index in [9.17, 15) is 4.79 Å². The Labute approximate surface area is 110 Å². The highest BCUT2D eigenvalue weighted by Gasteiger charge is 2.08. The van der Waals surface area contributed by atoms with Crippen molar-refractivity contribution >= 4 is 23.0 Å². The lowest BCUT2D eigenvalue weighted by Gasteiger charge is -2.10. The number of nitrogen functional groups attached to an aromatic ring is 1. The van der Waals surface area contributed by atoms with E-state index in [0.29, 0.717) is 22.6 Å².